The summed E-state index contributed by atoms with van der Waals surface area (Å²) in [6.07, 6.45) is 4.40. The second-order valence-electron chi connectivity index (χ2n) is 10.1. The van der Waals surface area contributed by atoms with Crippen LogP contribution in [0, 0.1) is 6.92 Å². The third-order valence-corrected chi connectivity index (χ3v) is 8.73. The van der Waals surface area contributed by atoms with Crippen LogP contribution in [0.5, 0.6) is 0 Å². The number of benzene rings is 2. The Morgan fingerprint density at radius 2 is 1.50 bits per heavy atom. The minimum atomic E-state index is -3.88. The Balaban J connectivity index is 1.98. The lowest BCUT2D eigenvalue weighted by molar-refractivity contribution is 0.00578. The molecule has 1 aliphatic heterocycles. The van der Waals surface area contributed by atoms with Crippen molar-refractivity contribution in [3.8, 4) is 11.1 Å². The molecule has 0 spiro atoms. The molecule has 0 amide bonds. The van der Waals surface area contributed by atoms with Gasteiger partial charge in [-0.2, -0.15) is 0 Å². The molecule has 0 unspecified atom stereocenters. The number of rotatable bonds is 7. The van der Waals surface area contributed by atoms with Crippen LogP contribution >= 0.6 is 0 Å². The lowest BCUT2D eigenvalue weighted by atomic mass is 9.79. The average molecular weight is 479 g/mol. The summed E-state index contributed by atoms with van der Waals surface area (Å²) in [4.78, 5) is 0.243. The van der Waals surface area contributed by atoms with Gasteiger partial charge in [-0.3, -0.25) is 0 Å². The van der Waals surface area contributed by atoms with Crippen molar-refractivity contribution in [2.45, 2.75) is 76.9 Å². The highest BCUT2D eigenvalue weighted by Crippen LogP contribution is 2.38. The van der Waals surface area contributed by atoms with Crippen molar-refractivity contribution in [3.63, 3.8) is 0 Å². The van der Waals surface area contributed by atoms with E-state index in [0.29, 0.717) is 5.59 Å². The number of aryl methyl sites for hydroxylation is 1. The van der Waals surface area contributed by atoms with Crippen molar-refractivity contribution < 1.29 is 17.7 Å². The molecule has 2 heterocycles. The first-order valence-corrected chi connectivity index (χ1v) is 13.4. The van der Waals surface area contributed by atoms with E-state index in [1.54, 1.807) is 18.3 Å². The number of aromatic nitrogens is 1. The Kier molecular flexibility index (Phi) is 6.57. The lowest BCUT2D eigenvalue weighted by Gasteiger charge is -2.32. The fraction of sp³-hybridized carbons (Fsp3) is 0.407. The highest BCUT2D eigenvalue weighted by molar-refractivity contribution is 7.90. The Bertz CT molecular complexity index is 1250. The van der Waals surface area contributed by atoms with E-state index in [1.165, 1.54) is 3.97 Å². The Hall–Kier alpha value is -2.35. The van der Waals surface area contributed by atoms with E-state index in [4.69, 9.17) is 9.31 Å². The first-order chi connectivity index (χ1) is 16.0. The van der Waals surface area contributed by atoms with Gasteiger partial charge in [-0.25, -0.2) is 12.4 Å². The second kappa shape index (κ2) is 9.02. The summed E-state index contributed by atoms with van der Waals surface area (Å²) in [6.45, 7) is 12.0. The summed E-state index contributed by atoms with van der Waals surface area (Å²) >= 11 is 0. The standard InChI is InChI=1S/C27H34BNO4S/c1-7-8-14-23-24(21-12-10-9-11-13-21)19-29(34(30,31)22-17-15-20(2)16-18-22)25(23)28-32-26(3,4)27(5,6)33-28/h9-13,15-19H,7-8,14H2,1-6H3. The average Bonchev–Trinajstić information content (AvgIpc) is 3.27. The summed E-state index contributed by atoms with van der Waals surface area (Å²) in [5.41, 5.74) is 3.23. The minimum absolute atomic E-state index is 0.243. The Morgan fingerprint density at radius 1 is 0.912 bits per heavy atom. The van der Waals surface area contributed by atoms with Gasteiger partial charge in [0.15, 0.2) is 0 Å². The van der Waals surface area contributed by atoms with Crippen LogP contribution in [0.25, 0.3) is 11.1 Å². The molecule has 0 saturated carbocycles. The van der Waals surface area contributed by atoms with E-state index < -0.39 is 28.3 Å². The first-order valence-electron chi connectivity index (χ1n) is 12.0. The van der Waals surface area contributed by atoms with E-state index in [-0.39, 0.29) is 4.90 Å². The molecule has 180 valence electrons. The summed E-state index contributed by atoms with van der Waals surface area (Å²) in [6, 6.07) is 16.9. The smallest absolute Gasteiger partial charge is 0.398 e. The van der Waals surface area contributed by atoms with Crippen LogP contribution in [-0.2, 0) is 25.8 Å². The van der Waals surface area contributed by atoms with Gasteiger partial charge in [-0.1, -0.05) is 61.4 Å². The molecule has 1 saturated heterocycles. The van der Waals surface area contributed by atoms with Gasteiger partial charge in [0.05, 0.1) is 21.7 Å². The third-order valence-electron chi connectivity index (χ3n) is 7.04. The molecule has 7 heteroatoms. The molecule has 0 aliphatic carbocycles. The molecule has 1 aliphatic rings. The van der Waals surface area contributed by atoms with Crippen molar-refractivity contribution in [2.24, 2.45) is 0 Å². The molecule has 0 atom stereocenters. The maximum absolute atomic E-state index is 14.0. The molecule has 4 rings (SSSR count). The number of nitrogens with zero attached hydrogens (tertiary/aromatic N) is 1. The van der Waals surface area contributed by atoms with Gasteiger partial charge >= 0.3 is 7.12 Å². The van der Waals surface area contributed by atoms with Crippen molar-refractivity contribution >= 4 is 22.7 Å². The van der Waals surface area contributed by atoms with Gasteiger partial charge in [0, 0.05) is 11.8 Å². The maximum atomic E-state index is 14.0. The van der Waals surface area contributed by atoms with Gasteiger partial charge in [0.25, 0.3) is 10.0 Å². The van der Waals surface area contributed by atoms with Gasteiger partial charge < -0.3 is 9.31 Å². The molecule has 1 fully saturated rings. The van der Waals surface area contributed by atoms with Gasteiger partial charge in [-0.15, -0.1) is 0 Å². The summed E-state index contributed by atoms with van der Waals surface area (Å²) < 4.78 is 42.1. The zero-order valence-corrected chi connectivity index (χ0v) is 21.8. The van der Waals surface area contributed by atoms with Crippen molar-refractivity contribution in [1.82, 2.24) is 3.97 Å². The molecule has 0 bridgehead atoms. The molecule has 1 aromatic heterocycles. The molecule has 5 nitrogen and oxygen atoms in total. The zero-order chi connectivity index (χ0) is 24.7. The summed E-state index contributed by atoms with van der Waals surface area (Å²) in [5, 5.41) is 0. The van der Waals surface area contributed by atoms with E-state index in [9.17, 15) is 8.42 Å². The molecule has 3 aromatic rings. The highest BCUT2D eigenvalue weighted by Gasteiger charge is 2.54. The molecule has 0 N–H and O–H groups in total. The number of unbranched alkanes of at least 4 members (excludes halogenated alkanes) is 1. The SMILES string of the molecule is CCCCc1c(-c2ccccc2)cn(S(=O)(=O)c2ccc(C)cc2)c1B1OC(C)(C)C(C)(C)O1. The van der Waals surface area contributed by atoms with Gasteiger partial charge in [-0.05, 0) is 70.7 Å². The maximum Gasteiger partial charge on any atom is 0.513 e. The molecule has 2 aromatic carbocycles. The van der Waals surface area contributed by atoms with Gasteiger partial charge in [0.1, 0.15) is 0 Å². The van der Waals surface area contributed by atoms with Crippen LogP contribution in [0.4, 0.5) is 0 Å². The number of hydrogen-bond acceptors (Lipinski definition) is 4. The second-order valence-corrected chi connectivity index (χ2v) is 11.9. The van der Waals surface area contributed by atoms with E-state index in [2.05, 4.69) is 6.92 Å². The van der Waals surface area contributed by atoms with E-state index in [0.717, 1.165) is 41.5 Å². The van der Waals surface area contributed by atoms with E-state index >= 15 is 0 Å². The normalized spacial score (nSPS) is 17.3. The monoisotopic (exact) mass is 479 g/mol. The molecular formula is C27H34BNO4S. The van der Waals surface area contributed by atoms with Crippen LogP contribution in [-0.4, -0.2) is 30.7 Å². The van der Waals surface area contributed by atoms with Crippen molar-refractivity contribution in [3.05, 3.63) is 71.9 Å². The number of hydrogen-bond donors (Lipinski definition) is 0. The summed E-state index contributed by atoms with van der Waals surface area (Å²) in [5.74, 6) is 0. The molecule has 0 radical (unpaired) electrons. The van der Waals surface area contributed by atoms with E-state index in [1.807, 2.05) is 77.1 Å². The quantitative estimate of drug-likeness (QED) is 0.429. The van der Waals surface area contributed by atoms with Crippen LogP contribution < -0.4 is 5.59 Å². The van der Waals surface area contributed by atoms with Crippen molar-refractivity contribution in [1.29, 1.82) is 0 Å². The van der Waals surface area contributed by atoms with Crippen LogP contribution in [0.3, 0.4) is 0 Å². The minimum Gasteiger partial charge on any atom is -0.398 e. The fourth-order valence-corrected chi connectivity index (χ4v) is 5.65. The van der Waals surface area contributed by atoms with Crippen LogP contribution in [0.15, 0.2) is 65.7 Å². The lowest BCUT2D eigenvalue weighted by Crippen LogP contribution is -2.43. The van der Waals surface area contributed by atoms with Crippen LogP contribution in [0.1, 0.15) is 58.6 Å². The predicted molar refractivity (Wildman–Crippen MR) is 138 cm³/mol. The topological polar surface area (TPSA) is 57.5 Å². The molecular weight excluding hydrogens is 445 g/mol. The van der Waals surface area contributed by atoms with Gasteiger partial charge in [0.2, 0.25) is 0 Å². The molecule has 34 heavy (non-hydrogen) atoms. The largest absolute Gasteiger partial charge is 0.513 e. The Labute approximate surface area is 204 Å². The van der Waals surface area contributed by atoms with Crippen molar-refractivity contribution in [2.75, 3.05) is 0 Å². The Morgan fingerprint density at radius 3 is 2.06 bits per heavy atom. The fourth-order valence-electron chi connectivity index (χ4n) is 4.24. The first kappa shape index (κ1) is 24.8. The third kappa shape index (κ3) is 4.37. The van der Waals surface area contributed by atoms with Crippen LogP contribution in [0.2, 0.25) is 0 Å². The zero-order valence-electron chi connectivity index (χ0n) is 21.0. The highest BCUT2D eigenvalue weighted by atomic mass is 32.2. The predicted octanol–water partition coefficient (Wildman–Crippen LogP) is 5.34. The summed E-state index contributed by atoms with van der Waals surface area (Å²) in [7, 11) is -4.67.